The van der Waals surface area contributed by atoms with Gasteiger partial charge < -0.3 is 24.1 Å². The zero-order chi connectivity index (χ0) is 26.9. The van der Waals surface area contributed by atoms with E-state index in [0.717, 1.165) is 22.6 Å². The normalized spacial score (nSPS) is 11.6. The third-order valence-corrected chi connectivity index (χ3v) is 4.85. The van der Waals surface area contributed by atoms with Gasteiger partial charge in [0, 0.05) is 6.07 Å². The molecular formula is C29H32O8. The van der Waals surface area contributed by atoms with E-state index in [1.54, 1.807) is 6.92 Å². The standard InChI is InChI=1S/C20H18O2.C9H14O6/c1-3-8-17(9-4-1)15-21-19-12-7-13-20(14-19)22-16-18-10-5-2-6-11-18;1-3-14-7(11)5-9(13,6-10)8(12)15-4-2/h1-14H,15-16H2;6,13H,3-5H2,1-2H3. The Morgan fingerprint density at radius 3 is 1.68 bits per heavy atom. The average molecular weight is 509 g/mol. The Morgan fingerprint density at radius 2 is 1.24 bits per heavy atom. The molecule has 3 aromatic rings. The van der Waals surface area contributed by atoms with Gasteiger partial charge in [-0.3, -0.25) is 9.59 Å². The van der Waals surface area contributed by atoms with Crippen LogP contribution < -0.4 is 9.47 Å². The van der Waals surface area contributed by atoms with Crippen LogP contribution in [0.25, 0.3) is 0 Å². The minimum absolute atomic E-state index is 0.0117. The Hall–Kier alpha value is -4.17. The molecular weight excluding hydrogens is 476 g/mol. The number of hydrogen-bond donors (Lipinski definition) is 1. The SMILES string of the molecule is CCOC(=O)CC(O)(C=O)C(=O)OCC.c1ccc(COc2cccc(OCc3ccccc3)c2)cc1. The highest BCUT2D eigenvalue weighted by molar-refractivity contribution is 6.00. The first kappa shape index (κ1) is 29.1. The molecule has 0 fully saturated rings. The molecule has 0 aliphatic rings. The zero-order valence-corrected chi connectivity index (χ0v) is 21.0. The van der Waals surface area contributed by atoms with E-state index in [1.807, 2.05) is 60.7 Å². The van der Waals surface area contributed by atoms with E-state index in [0.29, 0.717) is 13.2 Å². The van der Waals surface area contributed by atoms with Crippen molar-refractivity contribution in [3.63, 3.8) is 0 Å². The highest BCUT2D eigenvalue weighted by Crippen LogP contribution is 2.21. The Morgan fingerprint density at radius 1 is 0.757 bits per heavy atom. The molecule has 0 aliphatic heterocycles. The molecule has 8 nitrogen and oxygen atoms in total. The summed E-state index contributed by atoms with van der Waals surface area (Å²) in [6, 6.07) is 28.0. The number of carbonyl (C=O) groups is 3. The van der Waals surface area contributed by atoms with E-state index in [-0.39, 0.29) is 19.5 Å². The Kier molecular flexibility index (Phi) is 12.4. The lowest BCUT2D eigenvalue weighted by atomic mass is 10.0. The second kappa shape index (κ2) is 15.7. The lowest BCUT2D eigenvalue weighted by Crippen LogP contribution is -2.44. The number of carbonyl (C=O) groups excluding carboxylic acids is 3. The zero-order valence-electron chi connectivity index (χ0n) is 21.0. The highest BCUT2D eigenvalue weighted by Gasteiger charge is 2.40. The maximum absolute atomic E-state index is 11.1. The quantitative estimate of drug-likeness (QED) is 0.219. The average Bonchev–Trinajstić information content (AvgIpc) is 2.92. The van der Waals surface area contributed by atoms with Crippen molar-refractivity contribution in [2.24, 2.45) is 0 Å². The van der Waals surface area contributed by atoms with Crippen molar-refractivity contribution in [3.8, 4) is 11.5 Å². The number of ether oxygens (including phenoxy) is 4. The van der Waals surface area contributed by atoms with Crippen LogP contribution in [-0.4, -0.2) is 42.1 Å². The van der Waals surface area contributed by atoms with Crippen LogP contribution in [0.2, 0.25) is 0 Å². The van der Waals surface area contributed by atoms with Crippen LogP contribution in [0.5, 0.6) is 11.5 Å². The van der Waals surface area contributed by atoms with Gasteiger partial charge in [-0.1, -0.05) is 66.7 Å². The predicted molar refractivity (Wildman–Crippen MR) is 137 cm³/mol. The number of benzene rings is 3. The third-order valence-electron chi connectivity index (χ3n) is 4.85. The van der Waals surface area contributed by atoms with Crippen molar-refractivity contribution >= 4 is 18.2 Å². The Labute approximate surface area is 216 Å². The van der Waals surface area contributed by atoms with Gasteiger partial charge in [-0.15, -0.1) is 0 Å². The van der Waals surface area contributed by atoms with Crippen molar-refractivity contribution in [2.75, 3.05) is 13.2 Å². The number of aldehydes is 1. The molecule has 0 saturated heterocycles. The van der Waals surface area contributed by atoms with Gasteiger partial charge in [-0.2, -0.15) is 0 Å². The van der Waals surface area contributed by atoms with Crippen molar-refractivity contribution in [2.45, 2.75) is 39.1 Å². The molecule has 3 rings (SSSR count). The van der Waals surface area contributed by atoms with Gasteiger partial charge in [-0.05, 0) is 37.1 Å². The van der Waals surface area contributed by atoms with Crippen LogP contribution in [0, 0.1) is 0 Å². The summed E-state index contributed by atoms with van der Waals surface area (Å²) in [6.45, 7) is 4.33. The first-order chi connectivity index (χ1) is 17.9. The van der Waals surface area contributed by atoms with E-state index >= 15 is 0 Å². The van der Waals surface area contributed by atoms with Gasteiger partial charge in [0.15, 0.2) is 6.29 Å². The molecule has 0 spiro atoms. The van der Waals surface area contributed by atoms with E-state index in [1.165, 1.54) is 6.92 Å². The molecule has 8 heteroatoms. The fourth-order valence-electron chi connectivity index (χ4n) is 2.99. The molecule has 0 aromatic heterocycles. The number of hydrogen-bond acceptors (Lipinski definition) is 8. The van der Waals surface area contributed by atoms with Crippen molar-refractivity contribution in [3.05, 3.63) is 96.1 Å². The fourth-order valence-corrected chi connectivity index (χ4v) is 2.99. The summed E-state index contributed by atoms with van der Waals surface area (Å²) in [4.78, 5) is 32.6. The van der Waals surface area contributed by atoms with Crippen LogP contribution in [0.3, 0.4) is 0 Å². The second-order valence-corrected chi connectivity index (χ2v) is 7.77. The molecule has 0 amide bonds. The molecule has 1 N–H and O–H groups in total. The maximum atomic E-state index is 11.1. The molecule has 3 aromatic carbocycles. The molecule has 37 heavy (non-hydrogen) atoms. The number of aliphatic hydroxyl groups is 1. The first-order valence-electron chi connectivity index (χ1n) is 11.8. The lowest BCUT2D eigenvalue weighted by Gasteiger charge is -2.17. The Bertz CT molecular complexity index is 1040. The van der Waals surface area contributed by atoms with Crippen LogP contribution in [0.15, 0.2) is 84.9 Å². The maximum Gasteiger partial charge on any atom is 0.346 e. The molecule has 196 valence electrons. The van der Waals surface area contributed by atoms with Gasteiger partial charge in [-0.25, -0.2) is 4.79 Å². The summed E-state index contributed by atoms with van der Waals surface area (Å²) in [6.07, 6.45) is -0.759. The summed E-state index contributed by atoms with van der Waals surface area (Å²) < 4.78 is 20.6. The largest absolute Gasteiger partial charge is 0.489 e. The lowest BCUT2D eigenvalue weighted by molar-refractivity contribution is -0.172. The van der Waals surface area contributed by atoms with Gasteiger partial charge in [0.05, 0.1) is 19.6 Å². The minimum atomic E-state index is -2.44. The van der Waals surface area contributed by atoms with E-state index in [9.17, 15) is 19.5 Å². The van der Waals surface area contributed by atoms with Gasteiger partial charge in [0.25, 0.3) is 0 Å². The third kappa shape index (κ3) is 10.5. The topological polar surface area (TPSA) is 108 Å². The smallest absolute Gasteiger partial charge is 0.346 e. The molecule has 0 radical (unpaired) electrons. The molecule has 0 bridgehead atoms. The number of esters is 2. The molecule has 1 unspecified atom stereocenters. The van der Waals surface area contributed by atoms with Crippen LogP contribution in [0.4, 0.5) is 0 Å². The number of rotatable bonds is 12. The fraction of sp³-hybridized carbons (Fsp3) is 0.276. The van der Waals surface area contributed by atoms with Gasteiger partial charge in [0.1, 0.15) is 24.7 Å². The summed E-state index contributed by atoms with van der Waals surface area (Å²) in [5, 5.41) is 9.47. The van der Waals surface area contributed by atoms with Gasteiger partial charge >= 0.3 is 11.9 Å². The molecule has 1 atom stereocenters. The van der Waals surface area contributed by atoms with Crippen molar-refractivity contribution in [1.29, 1.82) is 0 Å². The molecule has 0 heterocycles. The highest BCUT2D eigenvalue weighted by atomic mass is 16.6. The van der Waals surface area contributed by atoms with E-state index < -0.39 is 24.0 Å². The monoisotopic (exact) mass is 508 g/mol. The summed E-state index contributed by atoms with van der Waals surface area (Å²) in [7, 11) is 0. The van der Waals surface area contributed by atoms with Crippen molar-refractivity contribution in [1.82, 2.24) is 0 Å². The summed E-state index contributed by atoms with van der Waals surface area (Å²) >= 11 is 0. The molecule has 0 saturated carbocycles. The summed E-state index contributed by atoms with van der Waals surface area (Å²) in [5.74, 6) is -0.350. The van der Waals surface area contributed by atoms with E-state index in [2.05, 4.69) is 33.7 Å². The second-order valence-electron chi connectivity index (χ2n) is 7.77. The Balaban J connectivity index is 0.000000283. The van der Waals surface area contributed by atoms with E-state index in [4.69, 9.17) is 9.47 Å². The predicted octanol–water partition coefficient (Wildman–Crippen LogP) is 4.28. The van der Waals surface area contributed by atoms with Gasteiger partial charge in [0.2, 0.25) is 5.60 Å². The minimum Gasteiger partial charge on any atom is -0.489 e. The van der Waals surface area contributed by atoms with Crippen LogP contribution in [0.1, 0.15) is 31.4 Å². The molecule has 0 aliphatic carbocycles. The van der Waals surface area contributed by atoms with Crippen molar-refractivity contribution < 1.29 is 38.4 Å². The summed E-state index contributed by atoms with van der Waals surface area (Å²) in [5.41, 5.74) is -0.140. The van der Waals surface area contributed by atoms with Crippen LogP contribution >= 0.6 is 0 Å². The first-order valence-corrected chi connectivity index (χ1v) is 11.8. The van der Waals surface area contributed by atoms with Crippen LogP contribution in [-0.2, 0) is 37.1 Å².